The van der Waals surface area contributed by atoms with E-state index in [9.17, 15) is 40.5 Å². The van der Waals surface area contributed by atoms with Crippen LogP contribution in [0, 0.1) is 0 Å². The van der Waals surface area contributed by atoms with Gasteiger partial charge in [-0.3, -0.25) is 4.79 Å². The molecule has 1 aromatic heterocycles. The Balaban J connectivity index is 1.52. The number of benzene rings is 2. The summed E-state index contributed by atoms with van der Waals surface area (Å²) >= 11 is 0. The van der Waals surface area contributed by atoms with Crippen molar-refractivity contribution in [2.75, 3.05) is 34.5 Å². The van der Waals surface area contributed by atoms with Gasteiger partial charge in [-0.05, 0) is 12.1 Å². The van der Waals surface area contributed by atoms with Crippen molar-refractivity contribution in [3.8, 4) is 28.7 Å². The minimum atomic E-state index is -1.84. The zero-order valence-electron chi connectivity index (χ0n) is 23.1. The van der Waals surface area contributed by atoms with Gasteiger partial charge in [-0.2, -0.15) is 0 Å². The van der Waals surface area contributed by atoms with Crippen LogP contribution in [0.3, 0.4) is 0 Å². The van der Waals surface area contributed by atoms with Gasteiger partial charge in [0.1, 0.15) is 65.0 Å². The van der Waals surface area contributed by atoms with Crippen molar-refractivity contribution >= 4 is 21.9 Å². The molecule has 5 rings (SSSR count). The third-order valence-corrected chi connectivity index (χ3v) is 7.36. The van der Waals surface area contributed by atoms with Crippen LogP contribution in [-0.2, 0) is 14.2 Å². The van der Waals surface area contributed by atoms with E-state index in [1.807, 2.05) is 0 Å². The van der Waals surface area contributed by atoms with Gasteiger partial charge < -0.3 is 73.3 Å². The lowest BCUT2D eigenvalue weighted by molar-refractivity contribution is -0.307. The Labute approximate surface area is 242 Å². The van der Waals surface area contributed by atoms with Crippen LogP contribution in [0.2, 0.25) is 0 Å². The number of phenolic OH excluding ortho intramolecular Hbond substituents is 1. The molecule has 2 fully saturated rings. The van der Waals surface area contributed by atoms with E-state index in [0.717, 1.165) is 0 Å². The monoisotopic (exact) mass is 612 g/mol. The summed E-state index contributed by atoms with van der Waals surface area (Å²) in [6, 6.07) is 3.89. The van der Waals surface area contributed by atoms with E-state index in [2.05, 4.69) is 0 Å². The average Bonchev–Trinajstić information content (AvgIpc) is 3.00. The van der Waals surface area contributed by atoms with Crippen molar-refractivity contribution in [2.24, 2.45) is 0 Å². The first kappa shape index (κ1) is 31.0. The van der Waals surface area contributed by atoms with E-state index in [-0.39, 0.29) is 51.5 Å². The largest absolute Gasteiger partial charge is 0.507 e. The molecule has 2 saturated heterocycles. The van der Waals surface area contributed by atoms with Crippen LogP contribution >= 0.6 is 0 Å². The van der Waals surface area contributed by atoms with Crippen molar-refractivity contribution in [1.82, 2.24) is 0 Å². The lowest BCUT2D eigenvalue weighted by Gasteiger charge is -2.41. The quantitative estimate of drug-likeness (QED) is 0.141. The van der Waals surface area contributed by atoms with Gasteiger partial charge in [0.05, 0.1) is 34.5 Å². The lowest BCUT2D eigenvalue weighted by atomic mass is 9.99. The molecule has 3 aromatic rings. The molecular weight excluding hydrogens is 580 g/mol. The van der Waals surface area contributed by atoms with Crippen molar-refractivity contribution in [3.63, 3.8) is 0 Å². The fourth-order valence-corrected chi connectivity index (χ4v) is 5.00. The fourth-order valence-electron chi connectivity index (χ4n) is 5.00. The molecule has 0 amide bonds. The van der Waals surface area contributed by atoms with Crippen LogP contribution in [0.5, 0.6) is 28.7 Å². The molecule has 0 aliphatic carbocycles. The molecule has 0 saturated carbocycles. The zero-order valence-corrected chi connectivity index (χ0v) is 23.1. The number of ether oxygens (including phenoxy) is 7. The summed E-state index contributed by atoms with van der Waals surface area (Å²) in [4.78, 5) is 13.8. The number of hydrogen-bond acceptors (Lipinski definition) is 16. The van der Waals surface area contributed by atoms with E-state index in [4.69, 9.17) is 37.6 Å². The molecule has 2 aromatic carbocycles. The van der Waals surface area contributed by atoms with Gasteiger partial charge in [-0.15, -0.1) is 0 Å². The van der Waals surface area contributed by atoms with Gasteiger partial charge in [0.15, 0.2) is 29.0 Å². The van der Waals surface area contributed by atoms with E-state index in [1.54, 1.807) is 0 Å². The van der Waals surface area contributed by atoms with Crippen molar-refractivity contribution in [3.05, 3.63) is 28.4 Å². The highest BCUT2D eigenvalue weighted by molar-refractivity contribution is 6.01. The number of fused-ring (bicyclic) bond motifs is 2. The minimum Gasteiger partial charge on any atom is -0.507 e. The first-order chi connectivity index (χ1) is 20.5. The van der Waals surface area contributed by atoms with Gasteiger partial charge in [-0.1, -0.05) is 0 Å². The first-order valence-electron chi connectivity index (χ1n) is 13.1. The first-order valence-corrected chi connectivity index (χ1v) is 13.1. The zero-order chi connectivity index (χ0) is 31.2. The molecule has 2 aliphatic rings. The summed E-state index contributed by atoms with van der Waals surface area (Å²) in [7, 11) is 3.97. The van der Waals surface area contributed by atoms with Crippen molar-refractivity contribution in [1.29, 1.82) is 0 Å². The topological polar surface area (TPSA) is 236 Å². The molecule has 16 heteroatoms. The fraction of sp³-hybridized carbons (Fsp3) is 0.519. The van der Waals surface area contributed by atoms with E-state index in [1.165, 1.54) is 39.5 Å². The number of hydrogen-bond donors (Lipinski definition) is 7. The van der Waals surface area contributed by atoms with Gasteiger partial charge in [-0.25, -0.2) is 0 Å². The third-order valence-electron chi connectivity index (χ3n) is 7.36. The van der Waals surface area contributed by atoms with Crippen LogP contribution in [0.4, 0.5) is 0 Å². The van der Waals surface area contributed by atoms with Gasteiger partial charge >= 0.3 is 0 Å². The molecule has 236 valence electrons. The number of aliphatic hydroxyl groups excluding tert-OH is 6. The number of phenols is 1. The second kappa shape index (κ2) is 12.3. The highest BCUT2D eigenvalue weighted by atomic mass is 16.7. The van der Waals surface area contributed by atoms with Crippen LogP contribution in [0.25, 0.3) is 21.9 Å². The molecule has 43 heavy (non-hydrogen) atoms. The summed E-state index contributed by atoms with van der Waals surface area (Å²) in [6.07, 6.45) is -14.4. The van der Waals surface area contributed by atoms with Crippen LogP contribution in [0.15, 0.2) is 27.4 Å². The van der Waals surface area contributed by atoms with E-state index in [0.29, 0.717) is 0 Å². The van der Waals surface area contributed by atoms with Crippen LogP contribution in [0.1, 0.15) is 0 Å². The summed E-state index contributed by atoms with van der Waals surface area (Å²) in [5.74, 6) is -0.497. The molecule has 0 spiro atoms. The molecule has 0 unspecified atom stereocenters. The van der Waals surface area contributed by atoms with Crippen LogP contribution < -0.4 is 24.4 Å². The molecule has 0 bridgehead atoms. The maximum atomic E-state index is 13.8. The Morgan fingerprint density at radius 2 is 1.49 bits per heavy atom. The van der Waals surface area contributed by atoms with Gasteiger partial charge in [0, 0.05) is 6.07 Å². The molecule has 9 atom stereocenters. The Morgan fingerprint density at radius 1 is 0.791 bits per heavy atom. The maximum Gasteiger partial charge on any atom is 0.229 e. The van der Waals surface area contributed by atoms with Crippen LogP contribution in [-0.4, -0.2) is 126 Å². The Morgan fingerprint density at radius 3 is 2.16 bits per heavy atom. The molecular formula is C27H32O16. The Bertz CT molecular complexity index is 1520. The van der Waals surface area contributed by atoms with E-state index < -0.39 is 73.1 Å². The maximum absolute atomic E-state index is 13.8. The smallest absolute Gasteiger partial charge is 0.229 e. The van der Waals surface area contributed by atoms with Gasteiger partial charge in [0.25, 0.3) is 0 Å². The SMILES string of the molecule is COc1cc(O[C@@H]2O[C@H](CO[C@@H]3OC[C@@H](O)[C@H](O)[C@H]3O)[C@@H](O)[C@H](O)[C@H]2O)c2c(=O)c3c(O)ccc(OC)c3oc2c1OC. The van der Waals surface area contributed by atoms with Gasteiger partial charge in [0.2, 0.25) is 17.5 Å². The number of aromatic hydroxyl groups is 1. The molecule has 16 nitrogen and oxygen atoms in total. The number of aliphatic hydroxyl groups is 6. The Kier molecular flexibility index (Phi) is 8.85. The second-order valence-electron chi connectivity index (χ2n) is 9.95. The lowest BCUT2D eigenvalue weighted by Crippen LogP contribution is -2.61. The average molecular weight is 613 g/mol. The molecule has 2 aliphatic heterocycles. The number of rotatable bonds is 8. The standard InChI is InChI=1S/C27H32O16/c1-36-11-5-4-9(28)15-19(32)16-12(6-13(37-2)24(38-3)25(16)43-23(11)15)41-27-22(35)20(33)18(31)14(42-27)8-40-26-21(34)17(30)10(29)7-39-26/h4-6,10,14,17-18,20-22,26-31,33-35H,7-8H2,1-3H3/t10-,14-,17+,18-,20+,21-,22-,26+,27-/m1/s1. The summed E-state index contributed by atoms with van der Waals surface area (Å²) in [5.41, 5.74) is -1.02. The highest BCUT2D eigenvalue weighted by Gasteiger charge is 2.47. The predicted molar refractivity (Wildman–Crippen MR) is 142 cm³/mol. The Hall–Kier alpha value is -3.45. The molecule has 0 radical (unpaired) electrons. The summed E-state index contributed by atoms with van der Waals surface area (Å²) in [6.45, 7) is -0.864. The third kappa shape index (κ3) is 5.41. The molecule has 3 heterocycles. The predicted octanol–water partition coefficient (Wildman–Crippen LogP) is -1.68. The summed E-state index contributed by atoms with van der Waals surface area (Å²) < 4.78 is 44.3. The van der Waals surface area contributed by atoms with Crippen molar-refractivity contribution < 1.29 is 73.3 Å². The van der Waals surface area contributed by atoms with E-state index >= 15 is 0 Å². The highest BCUT2D eigenvalue weighted by Crippen LogP contribution is 2.44. The minimum absolute atomic E-state index is 0.000522. The summed E-state index contributed by atoms with van der Waals surface area (Å²) in [5, 5.41) is 71.5. The normalized spacial score (nSPS) is 31.2. The number of methoxy groups -OCH3 is 3. The van der Waals surface area contributed by atoms with Crippen molar-refractivity contribution in [2.45, 2.75) is 55.3 Å². The second-order valence-corrected chi connectivity index (χ2v) is 9.95. The molecule has 7 N–H and O–H groups in total.